The van der Waals surface area contributed by atoms with Crippen molar-refractivity contribution in [1.82, 2.24) is 0 Å². The Labute approximate surface area is 133 Å². The first-order chi connectivity index (χ1) is 10.2. The van der Waals surface area contributed by atoms with Crippen LogP contribution < -0.4 is 0 Å². The number of hydrogen-bond donors (Lipinski definition) is 0. The van der Waals surface area contributed by atoms with Crippen molar-refractivity contribution in [2.45, 2.75) is 110 Å². The van der Waals surface area contributed by atoms with E-state index in [-0.39, 0.29) is 0 Å². The third-order valence-corrected chi connectivity index (χ3v) is 4.23. The maximum atomic E-state index is 11.9. The van der Waals surface area contributed by atoms with E-state index >= 15 is 0 Å². The molecule has 0 saturated carbocycles. The van der Waals surface area contributed by atoms with Crippen molar-refractivity contribution in [3.8, 4) is 0 Å². The summed E-state index contributed by atoms with van der Waals surface area (Å²) >= 11 is 0. The molecule has 0 aromatic heterocycles. The second kappa shape index (κ2) is 15.8. The van der Waals surface area contributed by atoms with E-state index in [0.29, 0.717) is 5.78 Å². The van der Waals surface area contributed by atoms with E-state index in [4.69, 9.17) is 0 Å². The van der Waals surface area contributed by atoms with E-state index in [1.165, 1.54) is 70.6 Å². The summed E-state index contributed by atoms with van der Waals surface area (Å²) in [6.45, 7) is 8.46. The van der Waals surface area contributed by atoms with Gasteiger partial charge in [0.1, 0.15) is 0 Å². The quantitative estimate of drug-likeness (QED) is 0.221. The van der Waals surface area contributed by atoms with Gasteiger partial charge in [0.15, 0.2) is 5.78 Å². The summed E-state index contributed by atoms with van der Waals surface area (Å²) in [6.07, 6.45) is 18.2. The number of unbranched alkanes of at least 4 members (excludes halogenated alkanes) is 11. The van der Waals surface area contributed by atoms with Crippen molar-refractivity contribution >= 4 is 5.78 Å². The lowest BCUT2D eigenvalue weighted by Gasteiger charge is -2.05. The van der Waals surface area contributed by atoms with Crippen LogP contribution in [0.1, 0.15) is 110 Å². The molecular weight excluding hydrogens is 256 g/mol. The molecule has 0 saturated heterocycles. The van der Waals surface area contributed by atoms with Crippen LogP contribution in [0.3, 0.4) is 0 Å². The molecule has 0 rings (SSSR count). The van der Waals surface area contributed by atoms with Gasteiger partial charge in [-0.15, -0.1) is 0 Å². The maximum absolute atomic E-state index is 11.9. The Balaban J connectivity index is 3.39. The molecule has 0 aliphatic carbocycles. The summed E-state index contributed by atoms with van der Waals surface area (Å²) in [5, 5.41) is 0. The molecule has 0 bridgehead atoms. The summed E-state index contributed by atoms with van der Waals surface area (Å²) in [7, 11) is 0. The smallest absolute Gasteiger partial charge is 0.158 e. The summed E-state index contributed by atoms with van der Waals surface area (Å²) in [5.41, 5.74) is 0.872. The minimum Gasteiger partial charge on any atom is -0.295 e. The Morgan fingerprint density at radius 3 is 1.48 bits per heavy atom. The summed E-state index contributed by atoms with van der Waals surface area (Å²) in [5.74, 6) is 0.317. The summed E-state index contributed by atoms with van der Waals surface area (Å²) < 4.78 is 0. The molecule has 0 radical (unpaired) electrons. The normalized spacial score (nSPS) is 10.8. The fourth-order valence-corrected chi connectivity index (χ4v) is 2.68. The number of Topliss-reactive ketones (excluding diaryl/α,β-unsaturated/α-hetero) is 1. The number of carbonyl (C=O) groups is 1. The maximum Gasteiger partial charge on any atom is 0.158 e. The predicted molar refractivity (Wildman–Crippen MR) is 94.8 cm³/mol. The van der Waals surface area contributed by atoms with Crippen molar-refractivity contribution < 1.29 is 4.79 Å². The highest BCUT2D eigenvalue weighted by molar-refractivity contribution is 5.94. The first kappa shape index (κ1) is 20.4. The minimum absolute atomic E-state index is 0.317. The average Bonchev–Trinajstić information content (AvgIpc) is 2.49. The van der Waals surface area contributed by atoms with Crippen LogP contribution in [0.2, 0.25) is 0 Å². The number of allylic oxidation sites excluding steroid dienone is 1. The van der Waals surface area contributed by atoms with E-state index < -0.39 is 0 Å². The van der Waals surface area contributed by atoms with Crippen molar-refractivity contribution in [2.75, 3.05) is 0 Å². The third-order valence-electron chi connectivity index (χ3n) is 4.23. The Hall–Kier alpha value is -0.590. The lowest BCUT2D eigenvalue weighted by atomic mass is 9.99. The molecule has 1 nitrogen and oxygen atoms in total. The molecule has 1 heteroatoms. The van der Waals surface area contributed by atoms with Gasteiger partial charge in [-0.2, -0.15) is 0 Å². The Kier molecular flexibility index (Phi) is 15.3. The van der Waals surface area contributed by atoms with Crippen LogP contribution in [-0.2, 0) is 4.79 Å². The molecule has 0 fully saturated rings. The zero-order valence-electron chi connectivity index (χ0n) is 14.7. The molecule has 124 valence electrons. The number of ketones is 1. The molecule has 0 amide bonds. The molecule has 0 unspecified atom stereocenters. The Morgan fingerprint density at radius 1 is 0.619 bits per heavy atom. The zero-order valence-corrected chi connectivity index (χ0v) is 14.7. The molecule has 0 atom stereocenters. The second-order valence-corrected chi connectivity index (χ2v) is 6.42. The van der Waals surface area contributed by atoms with Crippen LogP contribution in [0.15, 0.2) is 12.2 Å². The number of rotatable bonds is 16. The molecule has 0 aromatic carbocycles. The molecular formula is C20H38O. The number of hydrogen-bond acceptors (Lipinski definition) is 1. The summed E-state index contributed by atoms with van der Waals surface area (Å²) in [4.78, 5) is 11.9. The first-order valence-corrected chi connectivity index (χ1v) is 9.43. The highest BCUT2D eigenvalue weighted by Gasteiger charge is 2.06. The lowest BCUT2D eigenvalue weighted by Crippen LogP contribution is -2.01. The van der Waals surface area contributed by atoms with Gasteiger partial charge in [0, 0.05) is 6.42 Å². The zero-order chi connectivity index (χ0) is 15.8. The molecule has 0 spiro atoms. The van der Waals surface area contributed by atoms with Crippen LogP contribution in [0.4, 0.5) is 0 Å². The fraction of sp³-hybridized carbons (Fsp3) is 0.850. The highest BCUT2D eigenvalue weighted by atomic mass is 16.1. The summed E-state index contributed by atoms with van der Waals surface area (Å²) in [6, 6.07) is 0. The van der Waals surface area contributed by atoms with E-state index in [9.17, 15) is 4.79 Å². The van der Waals surface area contributed by atoms with E-state index in [2.05, 4.69) is 20.4 Å². The van der Waals surface area contributed by atoms with Gasteiger partial charge in [0.25, 0.3) is 0 Å². The van der Waals surface area contributed by atoms with Gasteiger partial charge in [-0.1, -0.05) is 91.1 Å². The minimum atomic E-state index is 0.317. The van der Waals surface area contributed by atoms with Crippen molar-refractivity contribution in [1.29, 1.82) is 0 Å². The molecule has 0 aliphatic rings. The third kappa shape index (κ3) is 14.1. The van der Waals surface area contributed by atoms with Gasteiger partial charge in [-0.05, 0) is 24.8 Å². The van der Waals surface area contributed by atoms with Crippen LogP contribution in [-0.4, -0.2) is 5.78 Å². The standard InChI is InChI=1S/C20H38O/c1-4-6-8-10-12-14-16-18-20(21)19(3)17-15-13-11-9-7-5-2/h3-18H2,1-2H3. The van der Waals surface area contributed by atoms with Crippen molar-refractivity contribution in [3.05, 3.63) is 12.2 Å². The SMILES string of the molecule is C=C(CCCCCCCC)C(=O)CCCCCCCCC. The number of carbonyl (C=O) groups excluding carboxylic acids is 1. The Morgan fingerprint density at radius 2 is 1.00 bits per heavy atom. The highest BCUT2D eigenvalue weighted by Crippen LogP contribution is 2.15. The van der Waals surface area contributed by atoms with Crippen LogP contribution in [0, 0.1) is 0 Å². The molecule has 21 heavy (non-hydrogen) atoms. The van der Waals surface area contributed by atoms with Gasteiger partial charge in [0.2, 0.25) is 0 Å². The average molecular weight is 295 g/mol. The molecule has 0 heterocycles. The fourth-order valence-electron chi connectivity index (χ4n) is 2.68. The molecule has 0 aliphatic heterocycles. The Bertz CT molecular complexity index is 255. The van der Waals surface area contributed by atoms with E-state index in [1.807, 2.05) is 0 Å². The monoisotopic (exact) mass is 294 g/mol. The topological polar surface area (TPSA) is 17.1 Å². The van der Waals surface area contributed by atoms with Gasteiger partial charge < -0.3 is 0 Å². The van der Waals surface area contributed by atoms with Crippen molar-refractivity contribution in [2.24, 2.45) is 0 Å². The van der Waals surface area contributed by atoms with Gasteiger partial charge in [-0.25, -0.2) is 0 Å². The van der Waals surface area contributed by atoms with Crippen LogP contribution in [0.25, 0.3) is 0 Å². The van der Waals surface area contributed by atoms with E-state index in [1.54, 1.807) is 0 Å². The molecule has 0 N–H and O–H groups in total. The van der Waals surface area contributed by atoms with Gasteiger partial charge in [-0.3, -0.25) is 4.79 Å². The lowest BCUT2D eigenvalue weighted by molar-refractivity contribution is -0.115. The largest absolute Gasteiger partial charge is 0.295 e. The van der Waals surface area contributed by atoms with E-state index in [0.717, 1.165) is 31.3 Å². The van der Waals surface area contributed by atoms with Crippen molar-refractivity contribution in [3.63, 3.8) is 0 Å². The second-order valence-electron chi connectivity index (χ2n) is 6.42. The van der Waals surface area contributed by atoms with Crippen LogP contribution >= 0.6 is 0 Å². The van der Waals surface area contributed by atoms with Crippen LogP contribution in [0.5, 0.6) is 0 Å². The molecule has 0 aromatic rings. The van der Waals surface area contributed by atoms with Gasteiger partial charge in [0.05, 0.1) is 0 Å². The first-order valence-electron chi connectivity index (χ1n) is 9.43. The predicted octanol–water partition coefficient (Wildman–Crippen LogP) is 7.00. The van der Waals surface area contributed by atoms with Gasteiger partial charge >= 0.3 is 0 Å².